The van der Waals surface area contributed by atoms with E-state index in [0.29, 0.717) is 16.2 Å². The number of hydrogen-bond acceptors (Lipinski definition) is 5. The third-order valence-electron chi connectivity index (χ3n) is 6.35. The van der Waals surface area contributed by atoms with Gasteiger partial charge in [-0.2, -0.15) is 13.2 Å². The van der Waals surface area contributed by atoms with Crippen molar-refractivity contribution in [2.45, 2.75) is 45.3 Å². The number of alkyl halides is 3. The normalized spacial score (nSPS) is 17.9. The highest BCUT2D eigenvalue weighted by Gasteiger charge is 2.48. The summed E-state index contributed by atoms with van der Waals surface area (Å²) in [6.07, 6.45) is -4.55. The largest absolute Gasteiger partial charge is 0.507 e. The monoisotopic (exact) mass is 529 g/mol. The third-order valence-corrected chi connectivity index (χ3v) is 7.42. The van der Waals surface area contributed by atoms with Gasteiger partial charge in [-0.3, -0.25) is 14.5 Å². The number of ether oxygens (including phenoxy) is 1. The van der Waals surface area contributed by atoms with Crippen LogP contribution in [0.15, 0.2) is 59.5 Å². The van der Waals surface area contributed by atoms with Crippen molar-refractivity contribution < 1.29 is 32.6 Å². The van der Waals surface area contributed by atoms with Crippen molar-refractivity contribution in [2.75, 3.05) is 12.0 Å². The van der Waals surface area contributed by atoms with Crippen molar-refractivity contribution >= 4 is 34.5 Å². The van der Waals surface area contributed by atoms with Gasteiger partial charge in [0.25, 0.3) is 11.7 Å². The Hall–Kier alpha value is -3.59. The van der Waals surface area contributed by atoms with Gasteiger partial charge in [-0.25, -0.2) is 0 Å². The molecule has 0 bridgehead atoms. The van der Waals surface area contributed by atoms with Gasteiger partial charge in [0, 0.05) is 21.7 Å². The molecule has 0 spiro atoms. The summed E-state index contributed by atoms with van der Waals surface area (Å²) in [5, 5.41) is 13.2. The van der Waals surface area contributed by atoms with Crippen molar-refractivity contribution in [3.63, 3.8) is 0 Å². The van der Waals surface area contributed by atoms with E-state index < -0.39 is 29.5 Å². The van der Waals surface area contributed by atoms with E-state index in [9.17, 15) is 27.9 Å². The van der Waals surface area contributed by atoms with Gasteiger partial charge < -0.3 is 9.84 Å². The topological polar surface area (TPSA) is 66.8 Å². The zero-order valence-corrected chi connectivity index (χ0v) is 21.8. The lowest BCUT2D eigenvalue weighted by atomic mass is 9.84. The van der Waals surface area contributed by atoms with Gasteiger partial charge in [0.15, 0.2) is 0 Å². The Morgan fingerprint density at radius 3 is 2.19 bits per heavy atom. The summed E-state index contributed by atoms with van der Waals surface area (Å²) in [4.78, 5) is 28.4. The fraction of sp³-hybridized carbons (Fsp3) is 0.286. The van der Waals surface area contributed by atoms with E-state index in [1.54, 1.807) is 30.7 Å². The number of nitrogens with zero attached hydrogens (tertiary/aromatic N) is 1. The second-order valence-corrected chi connectivity index (χ2v) is 10.8. The molecule has 1 atom stereocenters. The van der Waals surface area contributed by atoms with Gasteiger partial charge in [0.2, 0.25) is 0 Å². The van der Waals surface area contributed by atoms with Crippen molar-refractivity contribution in [1.82, 2.24) is 0 Å². The molecule has 1 N–H and O–H groups in total. The average Bonchev–Trinajstić information content (AvgIpc) is 3.37. The molecular weight excluding hydrogens is 503 g/mol. The summed E-state index contributed by atoms with van der Waals surface area (Å²) in [7, 11) is 1.54. The SMILES string of the molecule is COc1ccc(/C(O)=C2/C(=O)C(=O)N(c3ccc(C(F)(F)F)cc3)C2c2sccc2C)cc1C(C)(C)C. The Labute approximate surface area is 216 Å². The number of methoxy groups -OCH3 is 1. The van der Waals surface area contributed by atoms with Gasteiger partial charge >= 0.3 is 6.18 Å². The molecule has 0 saturated carbocycles. The first-order valence-corrected chi connectivity index (χ1v) is 12.3. The van der Waals surface area contributed by atoms with Gasteiger partial charge in [-0.05, 0) is 71.8 Å². The second-order valence-electron chi connectivity index (χ2n) is 9.85. The number of hydrogen-bond donors (Lipinski definition) is 1. The van der Waals surface area contributed by atoms with Crippen LogP contribution in [0.5, 0.6) is 5.75 Å². The van der Waals surface area contributed by atoms with Crippen LogP contribution in [0.2, 0.25) is 0 Å². The van der Waals surface area contributed by atoms with Crippen LogP contribution < -0.4 is 9.64 Å². The molecule has 1 saturated heterocycles. The van der Waals surface area contributed by atoms with Crippen LogP contribution in [0.1, 0.15) is 53.9 Å². The predicted molar refractivity (Wildman–Crippen MR) is 137 cm³/mol. The molecule has 3 aromatic rings. The fourth-order valence-corrected chi connectivity index (χ4v) is 5.44. The molecule has 2 heterocycles. The Morgan fingerprint density at radius 1 is 1.03 bits per heavy atom. The highest BCUT2D eigenvalue weighted by Crippen LogP contribution is 2.46. The quantitative estimate of drug-likeness (QED) is 0.224. The molecule has 194 valence electrons. The first-order chi connectivity index (χ1) is 17.3. The lowest BCUT2D eigenvalue weighted by Crippen LogP contribution is -2.29. The molecular formula is C28H26F3NO4S. The number of aliphatic hydroxyl groups excluding tert-OH is 1. The molecule has 1 unspecified atom stereocenters. The maximum atomic E-state index is 13.3. The molecule has 1 aliphatic heterocycles. The Bertz CT molecular complexity index is 1400. The Morgan fingerprint density at radius 2 is 1.68 bits per heavy atom. The fourth-order valence-electron chi connectivity index (χ4n) is 4.42. The summed E-state index contributed by atoms with van der Waals surface area (Å²) in [5.74, 6) is -1.59. The van der Waals surface area contributed by atoms with E-state index in [0.717, 1.165) is 40.3 Å². The van der Waals surface area contributed by atoms with E-state index in [4.69, 9.17) is 4.74 Å². The number of carbonyl (C=O) groups excluding carboxylic acids is 2. The number of aryl methyl sites for hydroxylation is 1. The van der Waals surface area contributed by atoms with E-state index in [-0.39, 0.29) is 22.4 Å². The molecule has 2 aromatic carbocycles. The van der Waals surface area contributed by atoms with E-state index in [1.165, 1.54) is 11.3 Å². The molecule has 5 nitrogen and oxygen atoms in total. The number of aliphatic hydroxyl groups is 1. The van der Waals surface area contributed by atoms with E-state index in [1.807, 2.05) is 33.8 Å². The van der Waals surface area contributed by atoms with E-state index >= 15 is 0 Å². The van der Waals surface area contributed by atoms with E-state index in [2.05, 4.69) is 0 Å². The smallest absolute Gasteiger partial charge is 0.416 e. The standard InChI is InChI=1S/C28H26F3NO4S/c1-15-12-13-37-25(15)22-21(23(33)16-6-11-20(36-5)19(14-16)27(2,3)4)24(34)26(35)32(22)18-9-7-17(8-10-18)28(29,30)31/h6-14,22,33H,1-5H3/b23-21-. The molecule has 9 heteroatoms. The molecule has 1 amide bonds. The molecule has 1 fully saturated rings. The van der Waals surface area contributed by atoms with Crippen molar-refractivity contribution in [3.8, 4) is 5.75 Å². The molecule has 37 heavy (non-hydrogen) atoms. The number of thiophene rings is 1. The number of anilines is 1. The maximum Gasteiger partial charge on any atom is 0.416 e. The molecule has 0 aliphatic carbocycles. The minimum Gasteiger partial charge on any atom is -0.507 e. The van der Waals surface area contributed by atoms with Gasteiger partial charge in [0.1, 0.15) is 17.6 Å². The third kappa shape index (κ3) is 4.75. The number of amides is 1. The zero-order chi connectivity index (χ0) is 27.3. The first-order valence-electron chi connectivity index (χ1n) is 11.5. The minimum atomic E-state index is -4.55. The number of Topliss-reactive ketones (excluding diaryl/α,β-unsaturated/α-hetero) is 1. The number of rotatable bonds is 4. The van der Waals surface area contributed by atoms with Crippen LogP contribution in [0.4, 0.5) is 18.9 Å². The van der Waals surface area contributed by atoms with Crippen LogP contribution in [0, 0.1) is 6.92 Å². The van der Waals surface area contributed by atoms with Gasteiger partial charge in [0.05, 0.1) is 18.2 Å². The number of ketones is 1. The van der Waals surface area contributed by atoms with Crippen LogP contribution >= 0.6 is 11.3 Å². The van der Waals surface area contributed by atoms with Crippen LogP contribution in [-0.4, -0.2) is 23.9 Å². The first kappa shape index (κ1) is 26.5. The predicted octanol–water partition coefficient (Wildman–Crippen LogP) is 7.01. The second kappa shape index (κ2) is 9.37. The summed E-state index contributed by atoms with van der Waals surface area (Å²) >= 11 is 1.30. The van der Waals surface area contributed by atoms with Crippen LogP contribution in [0.25, 0.3) is 5.76 Å². The highest BCUT2D eigenvalue weighted by molar-refractivity contribution is 7.10. The maximum absolute atomic E-state index is 13.3. The van der Waals surface area contributed by atoms with Crippen molar-refractivity contribution in [3.05, 3.63) is 86.6 Å². The minimum absolute atomic E-state index is 0.122. The Balaban J connectivity index is 1.92. The van der Waals surface area contributed by atoms with Crippen molar-refractivity contribution in [1.29, 1.82) is 0 Å². The molecule has 4 rings (SSSR count). The summed E-state index contributed by atoms with van der Waals surface area (Å²) in [6, 6.07) is 9.88. The van der Waals surface area contributed by atoms with Crippen molar-refractivity contribution in [2.24, 2.45) is 0 Å². The molecule has 1 aliphatic rings. The average molecular weight is 530 g/mol. The lowest BCUT2D eigenvalue weighted by molar-refractivity contribution is -0.137. The van der Waals surface area contributed by atoms with Gasteiger partial charge in [-0.15, -0.1) is 11.3 Å². The molecule has 1 aromatic heterocycles. The Kier molecular flexibility index (Phi) is 6.71. The molecule has 0 radical (unpaired) electrons. The number of carbonyl (C=O) groups is 2. The zero-order valence-electron chi connectivity index (χ0n) is 20.9. The number of halogens is 3. The summed E-state index contributed by atoms with van der Waals surface area (Å²) < 4.78 is 44.9. The highest BCUT2D eigenvalue weighted by atomic mass is 32.1. The lowest BCUT2D eigenvalue weighted by Gasteiger charge is -2.26. The summed E-state index contributed by atoms with van der Waals surface area (Å²) in [5.41, 5.74) is 0.680. The van der Waals surface area contributed by atoms with Crippen LogP contribution in [-0.2, 0) is 21.2 Å². The van der Waals surface area contributed by atoms with Gasteiger partial charge in [-0.1, -0.05) is 20.8 Å². The van der Waals surface area contributed by atoms with Crippen LogP contribution in [0.3, 0.4) is 0 Å². The number of benzene rings is 2. The summed E-state index contributed by atoms with van der Waals surface area (Å²) in [6.45, 7) is 7.75.